The molecular weight excluding hydrogens is 290 g/mol. The highest BCUT2D eigenvalue weighted by Gasteiger charge is 2.25. The molecule has 0 saturated carbocycles. The average Bonchev–Trinajstić information content (AvgIpc) is 2.97. The molecular formula is C19H15NO3. The van der Waals surface area contributed by atoms with Gasteiger partial charge < -0.3 is 4.74 Å². The number of carbonyl (C=O) groups excluding carboxylic acids is 2. The van der Waals surface area contributed by atoms with E-state index in [-0.39, 0.29) is 6.54 Å². The van der Waals surface area contributed by atoms with Crippen LogP contribution in [-0.2, 0) is 20.7 Å². The molecule has 0 aliphatic heterocycles. The minimum Gasteiger partial charge on any atom is -0.452 e. The number of fused-ring (bicyclic) bond motifs is 3. The smallest absolute Gasteiger partial charge is 0.330 e. The third-order valence-electron chi connectivity index (χ3n) is 3.98. The maximum atomic E-state index is 11.6. The fourth-order valence-corrected chi connectivity index (χ4v) is 2.99. The van der Waals surface area contributed by atoms with E-state index in [1.807, 2.05) is 24.3 Å². The van der Waals surface area contributed by atoms with Crippen LogP contribution in [0.5, 0.6) is 0 Å². The van der Waals surface area contributed by atoms with Crippen molar-refractivity contribution in [1.82, 2.24) is 0 Å². The van der Waals surface area contributed by atoms with E-state index in [1.54, 1.807) is 0 Å². The molecule has 114 valence electrons. The molecule has 0 spiro atoms. The molecule has 0 bridgehead atoms. The van der Waals surface area contributed by atoms with Gasteiger partial charge in [-0.3, -0.25) is 0 Å². The van der Waals surface area contributed by atoms with E-state index in [0.717, 1.165) is 29.2 Å². The number of isocyanates is 1. The summed E-state index contributed by atoms with van der Waals surface area (Å²) in [5.74, 6) is -0.538. The van der Waals surface area contributed by atoms with Gasteiger partial charge in [-0.15, -0.1) is 0 Å². The van der Waals surface area contributed by atoms with Crippen LogP contribution >= 0.6 is 0 Å². The van der Waals surface area contributed by atoms with Crippen LogP contribution in [0.15, 0.2) is 60.1 Å². The second-order valence-corrected chi connectivity index (χ2v) is 5.27. The lowest BCUT2D eigenvalue weighted by atomic mass is 9.97. The Balaban J connectivity index is 2.03. The minimum atomic E-state index is -0.619. The van der Waals surface area contributed by atoms with Crippen molar-refractivity contribution in [3.8, 4) is 11.1 Å². The summed E-state index contributed by atoms with van der Waals surface area (Å²) in [6.07, 6.45) is 2.76. The molecule has 23 heavy (non-hydrogen) atoms. The molecule has 1 aliphatic carbocycles. The maximum absolute atomic E-state index is 11.6. The summed E-state index contributed by atoms with van der Waals surface area (Å²) in [5.41, 5.74) is 5.54. The van der Waals surface area contributed by atoms with E-state index in [4.69, 9.17) is 4.74 Å². The lowest BCUT2D eigenvalue weighted by molar-refractivity contribution is -0.142. The second kappa shape index (κ2) is 6.42. The Morgan fingerprint density at radius 1 is 1.26 bits per heavy atom. The van der Waals surface area contributed by atoms with E-state index in [0.29, 0.717) is 0 Å². The Labute approximate surface area is 134 Å². The van der Waals surface area contributed by atoms with Gasteiger partial charge in [0, 0.05) is 6.08 Å². The number of hydrogen-bond acceptors (Lipinski definition) is 4. The Morgan fingerprint density at radius 3 is 2.83 bits per heavy atom. The first-order valence-corrected chi connectivity index (χ1v) is 7.31. The van der Waals surface area contributed by atoms with Crippen LogP contribution < -0.4 is 0 Å². The third-order valence-corrected chi connectivity index (χ3v) is 3.98. The summed E-state index contributed by atoms with van der Waals surface area (Å²) in [4.78, 5) is 25.6. The quantitative estimate of drug-likeness (QED) is 0.314. The monoisotopic (exact) mass is 305 g/mol. The second-order valence-electron chi connectivity index (χ2n) is 5.27. The van der Waals surface area contributed by atoms with Crippen molar-refractivity contribution in [1.29, 1.82) is 0 Å². The largest absolute Gasteiger partial charge is 0.452 e. The van der Waals surface area contributed by atoms with Gasteiger partial charge in [-0.05, 0) is 34.2 Å². The number of carbonyl (C=O) groups is 1. The zero-order chi connectivity index (χ0) is 16.2. The summed E-state index contributed by atoms with van der Waals surface area (Å²) >= 11 is 0. The van der Waals surface area contributed by atoms with E-state index in [9.17, 15) is 9.59 Å². The molecule has 1 aliphatic rings. The van der Waals surface area contributed by atoms with Crippen molar-refractivity contribution >= 4 is 12.0 Å². The molecule has 2 aromatic rings. The van der Waals surface area contributed by atoms with Crippen LogP contribution in [0.25, 0.3) is 11.1 Å². The molecule has 4 nitrogen and oxygen atoms in total. The molecule has 4 heteroatoms. The van der Waals surface area contributed by atoms with Crippen molar-refractivity contribution in [3.05, 3.63) is 71.8 Å². The summed E-state index contributed by atoms with van der Waals surface area (Å²) in [6, 6.07) is 14.1. The van der Waals surface area contributed by atoms with Gasteiger partial charge in [-0.1, -0.05) is 49.0 Å². The zero-order valence-electron chi connectivity index (χ0n) is 12.5. The molecule has 0 aromatic heterocycles. The molecule has 3 rings (SSSR count). The van der Waals surface area contributed by atoms with E-state index in [2.05, 4.69) is 29.8 Å². The van der Waals surface area contributed by atoms with Gasteiger partial charge in [0.25, 0.3) is 0 Å². The first-order chi connectivity index (χ1) is 11.2. The molecule has 0 amide bonds. The SMILES string of the molecule is C=CC(=O)OC(CN=C=O)c1cccc2c1Cc1ccccc1-2. The van der Waals surface area contributed by atoms with Gasteiger partial charge in [0.15, 0.2) is 0 Å². The van der Waals surface area contributed by atoms with Gasteiger partial charge in [-0.25, -0.2) is 14.6 Å². The molecule has 1 unspecified atom stereocenters. The first kappa shape index (κ1) is 14.9. The zero-order valence-corrected chi connectivity index (χ0v) is 12.5. The number of aliphatic imine (C=N–C) groups is 1. The molecule has 2 aromatic carbocycles. The molecule has 0 heterocycles. The predicted octanol–water partition coefficient (Wildman–Crippen LogP) is 3.36. The molecule has 0 radical (unpaired) electrons. The van der Waals surface area contributed by atoms with E-state index in [1.165, 1.54) is 17.2 Å². The fourth-order valence-electron chi connectivity index (χ4n) is 2.99. The highest BCUT2D eigenvalue weighted by Crippen LogP contribution is 2.40. The summed E-state index contributed by atoms with van der Waals surface area (Å²) in [6.45, 7) is 3.46. The third kappa shape index (κ3) is 2.85. The Morgan fingerprint density at radius 2 is 2.04 bits per heavy atom. The fraction of sp³-hybridized carbons (Fsp3) is 0.158. The summed E-state index contributed by atoms with van der Waals surface area (Å²) in [7, 11) is 0. The predicted molar refractivity (Wildman–Crippen MR) is 86.7 cm³/mol. The number of hydrogen-bond donors (Lipinski definition) is 0. The van der Waals surface area contributed by atoms with Crippen LogP contribution in [0.2, 0.25) is 0 Å². The van der Waals surface area contributed by atoms with Gasteiger partial charge in [-0.2, -0.15) is 0 Å². The lowest BCUT2D eigenvalue weighted by Gasteiger charge is -2.18. The van der Waals surface area contributed by atoms with Gasteiger partial charge in [0.1, 0.15) is 6.10 Å². The summed E-state index contributed by atoms with van der Waals surface area (Å²) < 4.78 is 5.38. The Bertz CT molecular complexity index is 819. The first-order valence-electron chi connectivity index (χ1n) is 7.31. The number of benzene rings is 2. The van der Waals surface area contributed by atoms with Crippen LogP contribution in [-0.4, -0.2) is 18.6 Å². The highest BCUT2D eigenvalue weighted by atomic mass is 16.5. The average molecular weight is 305 g/mol. The normalized spacial score (nSPS) is 12.5. The van der Waals surface area contributed by atoms with Crippen molar-refractivity contribution in [2.75, 3.05) is 6.54 Å². The van der Waals surface area contributed by atoms with Crippen molar-refractivity contribution < 1.29 is 14.3 Å². The number of ether oxygens (including phenoxy) is 1. The van der Waals surface area contributed by atoms with Crippen LogP contribution in [0.1, 0.15) is 22.8 Å². The molecule has 0 saturated heterocycles. The maximum Gasteiger partial charge on any atom is 0.330 e. The van der Waals surface area contributed by atoms with Crippen molar-refractivity contribution in [2.45, 2.75) is 12.5 Å². The molecule has 0 N–H and O–H groups in total. The molecule has 0 fully saturated rings. The van der Waals surface area contributed by atoms with Gasteiger partial charge >= 0.3 is 5.97 Å². The summed E-state index contributed by atoms with van der Waals surface area (Å²) in [5, 5.41) is 0. The highest BCUT2D eigenvalue weighted by molar-refractivity contribution is 5.82. The van der Waals surface area contributed by atoms with Crippen molar-refractivity contribution in [2.24, 2.45) is 4.99 Å². The van der Waals surface area contributed by atoms with Gasteiger partial charge in [0.05, 0.1) is 6.54 Å². The van der Waals surface area contributed by atoms with Crippen molar-refractivity contribution in [3.63, 3.8) is 0 Å². The Kier molecular flexibility index (Phi) is 4.18. The van der Waals surface area contributed by atoms with Crippen LogP contribution in [0.3, 0.4) is 0 Å². The minimum absolute atomic E-state index is 0.0515. The van der Waals surface area contributed by atoms with Crippen LogP contribution in [0.4, 0.5) is 0 Å². The van der Waals surface area contributed by atoms with Crippen LogP contribution in [0, 0.1) is 0 Å². The topological polar surface area (TPSA) is 55.7 Å². The van der Waals surface area contributed by atoms with E-state index >= 15 is 0 Å². The molecule has 1 atom stereocenters. The number of esters is 1. The van der Waals surface area contributed by atoms with Gasteiger partial charge in [0.2, 0.25) is 6.08 Å². The Hall–Kier alpha value is -2.97. The standard InChI is InChI=1S/C19H15NO3/c1-2-19(22)23-18(11-20-12-21)16-9-5-8-15-14-7-4-3-6-13(14)10-17(15)16/h2-9,18H,1,10-11H2. The lowest BCUT2D eigenvalue weighted by Crippen LogP contribution is -2.14. The number of rotatable bonds is 5. The number of nitrogens with zero attached hydrogens (tertiary/aromatic N) is 1. The van der Waals surface area contributed by atoms with E-state index < -0.39 is 12.1 Å².